The van der Waals surface area contributed by atoms with Gasteiger partial charge in [-0.25, -0.2) is 19.6 Å². The van der Waals surface area contributed by atoms with Crippen molar-refractivity contribution in [3.8, 4) is 22.9 Å². The number of ether oxygens (including phenoxy) is 2. The Kier molecular flexibility index (Phi) is 7.89. The summed E-state index contributed by atoms with van der Waals surface area (Å²) in [5.74, 6) is 1.51. The lowest BCUT2D eigenvalue weighted by molar-refractivity contribution is -0.121. The lowest BCUT2D eigenvalue weighted by Gasteiger charge is -2.44. The molecule has 0 spiro atoms. The monoisotopic (exact) mass is 626 g/mol. The number of carbonyl (C=O) groups is 1. The molecule has 7 rings (SSSR count). The molecular weight excluding hydrogens is 592 g/mol. The van der Waals surface area contributed by atoms with E-state index in [0.717, 1.165) is 60.6 Å². The van der Waals surface area contributed by atoms with E-state index >= 15 is 0 Å². The third-order valence-electron chi connectivity index (χ3n) is 9.04. The van der Waals surface area contributed by atoms with E-state index in [1.165, 1.54) is 12.4 Å². The Morgan fingerprint density at radius 2 is 1.98 bits per heavy atom. The Morgan fingerprint density at radius 3 is 2.67 bits per heavy atom. The van der Waals surface area contributed by atoms with Crippen LogP contribution in [0.3, 0.4) is 0 Å². The molecule has 2 fully saturated rings. The predicted octanol–water partition coefficient (Wildman–Crippen LogP) is 4.82. The maximum absolute atomic E-state index is 12.9. The highest BCUT2D eigenvalue weighted by Gasteiger charge is 2.36. The smallest absolute Gasteiger partial charge is 0.265 e. The summed E-state index contributed by atoms with van der Waals surface area (Å²) in [6.45, 7) is 10.2. The molecule has 2 saturated heterocycles. The van der Waals surface area contributed by atoms with Gasteiger partial charge in [-0.1, -0.05) is 38.4 Å². The van der Waals surface area contributed by atoms with E-state index in [4.69, 9.17) is 31.2 Å². The zero-order valence-electron chi connectivity index (χ0n) is 25.6. The van der Waals surface area contributed by atoms with Gasteiger partial charge in [-0.3, -0.25) is 14.6 Å². The number of fused-ring (bicyclic) bond motifs is 2. The van der Waals surface area contributed by atoms with E-state index in [1.54, 1.807) is 4.90 Å². The molecule has 2 atom stereocenters. The molecule has 1 amide bonds. The minimum Gasteiger partial charge on any atom is -0.482 e. The van der Waals surface area contributed by atoms with Crippen LogP contribution in [-0.4, -0.2) is 74.5 Å². The summed E-state index contributed by atoms with van der Waals surface area (Å²) in [7, 11) is 0. The minimum atomic E-state index is -0.191. The first kappa shape index (κ1) is 29.6. The van der Waals surface area contributed by atoms with Crippen LogP contribution >= 0.6 is 11.6 Å². The molecule has 11 nitrogen and oxygen atoms in total. The van der Waals surface area contributed by atoms with E-state index < -0.39 is 0 Å². The lowest BCUT2D eigenvalue weighted by Crippen LogP contribution is -2.54. The van der Waals surface area contributed by atoms with Gasteiger partial charge in [0.05, 0.1) is 60.0 Å². The summed E-state index contributed by atoms with van der Waals surface area (Å²) in [6.07, 6.45) is 6.51. The van der Waals surface area contributed by atoms with Crippen molar-refractivity contribution in [2.45, 2.75) is 52.2 Å². The highest BCUT2D eigenvalue weighted by atomic mass is 35.5. The number of piperidine rings is 1. The number of pyridine rings is 1. The largest absolute Gasteiger partial charge is 0.482 e. The van der Waals surface area contributed by atoms with E-state index in [9.17, 15) is 10.1 Å². The molecule has 0 unspecified atom stereocenters. The van der Waals surface area contributed by atoms with Crippen molar-refractivity contribution in [1.82, 2.24) is 29.6 Å². The van der Waals surface area contributed by atoms with Gasteiger partial charge in [0.1, 0.15) is 17.6 Å². The van der Waals surface area contributed by atoms with Crippen molar-refractivity contribution in [3.05, 3.63) is 58.9 Å². The second-order valence-corrected chi connectivity index (χ2v) is 13.1. The second-order valence-electron chi connectivity index (χ2n) is 12.6. The fourth-order valence-corrected chi connectivity index (χ4v) is 6.79. The van der Waals surface area contributed by atoms with Gasteiger partial charge in [-0.05, 0) is 42.4 Å². The molecular formula is C33H35ClN8O3. The Bertz CT molecular complexity index is 1800. The lowest BCUT2D eigenvalue weighted by atomic mass is 9.91. The quantitative estimate of drug-likeness (QED) is 0.284. The highest BCUT2D eigenvalue weighted by molar-refractivity contribution is 6.30. The number of hydrogen-bond donors (Lipinski definition) is 0. The van der Waals surface area contributed by atoms with E-state index in [-0.39, 0.29) is 25.1 Å². The Hall–Kier alpha value is -4.11. The first-order valence-electron chi connectivity index (χ1n) is 15.5. The van der Waals surface area contributed by atoms with Crippen molar-refractivity contribution in [2.75, 3.05) is 37.8 Å². The number of benzene rings is 1. The molecule has 1 aromatic carbocycles. The van der Waals surface area contributed by atoms with Crippen LogP contribution in [0.15, 0.2) is 36.8 Å². The molecule has 3 aliphatic rings. The summed E-state index contributed by atoms with van der Waals surface area (Å²) in [4.78, 5) is 30.7. The number of likely N-dealkylation sites (tertiary alicyclic amines) is 1. The summed E-state index contributed by atoms with van der Waals surface area (Å²) < 4.78 is 13.5. The minimum absolute atomic E-state index is 0.110. The van der Waals surface area contributed by atoms with Gasteiger partial charge in [-0.2, -0.15) is 10.4 Å². The molecule has 0 saturated carbocycles. The Labute approximate surface area is 266 Å². The molecule has 3 aliphatic heterocycles. The number of carbonyl (C=O) groups excluding carboxylic acids is 1. The first-order chi connectivity index (χ1) is 21.8. The molecule has 232 valence electrons. The molecule has 45 heavy (non-hydrogen) atoms. The van der Waals surface area contributed by atoms with Crippen LogP contribution in [0.5, 0.6) is 5.75 Å². The third-order valence-corrected chi connectivity index (χ3v) is 9.23. The number of nitriles is 1. The van der Waals surface area contributed by atoms with Gasteiger partial charge in [0.2, 0.25) is 0 Å². The number of nitrogens with zero attached hydrogens (tertiary/aromatic N) is 8. The van der Waals surface area contributed by atoms with Gasteiger partial charge in [0.15, 0.2) is 12.3 Å². The zero-order valence-corrected chi connectivity index (χ0v) is 26.4. The van der Waals surface area contributed by atoms with E-state index in [1.807, 2.05) is 24.4 Å². The zero-order chi connectivity index (χ0) is 31.2. The number of hydrogen-bond acceptors (Lipinski definition) is 9. The van der Waals surface area contributed by atoms with Crippen LogP contribution in [0.1, 0.15) is 50.3 Å². The molecule has 0 aliphatic carbocycles. The van der Waals surface area contributed by atoms with Crippen LogP contribution in [-0.2, 0) is 22.5 Å². The maximum atomic E-state index is 12.9. The van der Waals surface area contributed by atoms with Crippen LogP contribution in [0, 0.1) is 23.2 Å². The van der Waals surface area contributed by atoms with Gasteiger partial charge in [-0.15, -0.1) is 0 Å². The fraction of sp³-hybridized carbons (Fsp3) is 0.455. The number of aromatic nitrogens is 5. The molecule has 0 bridgehead atoms. The molecule has 3 aromatic heterocycles. The second kappa shape index (κ2) is 12.0. The summed E-state index contributed by atoms with van der Waals surface area (Å²) in [5, 5.41) is 16.7. The average Bonchev–Trinajstić information content (AvgIpc) is 3.40. The maximum Gasteiger partial charge on any atom is 0.265 e. The van der Waals surface area contributed by atoms with Crippen molar-refractivity contribution < 1.29 is 14.3 Å². The number of rotatable bonds is 7. The van der Waals surface area contributed by atoms with Gasteiger partial charge >= 0.3 is 0 Å². The molecule has 4 aromatic rings. The van der Waals surface area contributed by atoms with E-state index in [0.29, 0.717) is 52.1 Å². The fourth-order valence-electron chi connectivity index (χ4n) is 6.69. The molecule has 0 radical (unpaired) electrons. The van der Waals surface area contributed by atoms with Gasteiger partial charge < -0.3 is 9.47 Å². The number of anilines is 1. The summed E-state index contributed by atoms with van der Waals surface area (Å²) >= 11 is 5.96. The third kappa shape index (κ3) is 5.52. The van der Waals surface area contributed by atoms with Gasteiger partial charge in [0, 0.05) is 36.4 Å². The number of halogens is 1. The van der Waals surface area contributed by atoms with Crippen LogP contribution < -0.4 is 9.64 Å². The topological polar surface area (TPSA) is 122 Å². The van der Waals surface area contributed by atoms with Crippen molar-refractivity contribution in [1.29, 1.82) is 5.26 Å². The van der Waals surface area contributed by atoms with Crippen LogP contribution in [0.4, 0.5) is 5.69 Å². The first-order valence-corrected chi connectivity index (χ1v) is 15.8. The average molecular weight is 627 g/mol. The number of amides is 1. The molecule has 6 heterocycles. The highest BCUT2D eigenvalue weighted by Crippen LogP contribution is 2.41. The summed E-state index contributed by atoms with van der Waals surface area (Å²) in [6, 6.07) is 8.88. The Morgan fingerprint density at radius 1 is 1.18 bits per heavy atom. The Balaban J connectivity index is 1.29. The van der Waals surface area contributed by atoms with Crippen molar-refractivity contribution >= 4 is 34.2 Å². The van der Waals surface area contributed by atoms with E-state index in [2.05, 4.69) is 46.4 Å². The van der Waals surface area contributed by atoms with Crippen LogP contribution in [0.25, 0.3) is 22.2 Å². The molecule has 12 heteroatoms. The van der Waals surface area contributed by atoms with Crippen molar-refractivity contribution in [2.24, 2.45) is 11.8 Å². The molecule has 0 N–H and O–H groups in total. The SMILES string of the molecule is CC(C)Cc1nc2c(cnn2[C@H]2CCN(C3COC3)C[C@@H]2C)c(-c2ccc3c(c2)OCC(=O)N3Cc2ncc(Cl)cn2)c1C#N. The van der Waals surface area contributed by atoms with Gasteiger partial charge in [0.25, 0.3) is 5.91 Å². The summed E-state index contributed by atoms with van der Waals surface area (Å²) in [5.41, 5.74) is 4.33. The normalized spacial score (nSPS) is 20.6. The standard InChI is InChI=1S/C33H35ClN8O3/c1-19(2)8-26-24(10-35)32(25-13-38-42(33(25)39-26)27-6-7-40(14-20(27)3)23-16-44-17-23)21-4-5-28-29(9-21)45-18-31(43)41(28)15-30-36-11-22(34)12-37-30/h4-5,9,11-13,19-20,23,27H,6-8,14-18H2,1-3H3/t20-,27-/m0/s1. The van der Waals surface area contributed by atoms with Crippen LogP contribution in [0.2, 0.25) is 5.02 Å². The van der Waals surface area contributed by atoms with Crippen molar-refractivity contribution in [3.63, 3.8) is 0 Å². The predicted molar refractivity (Wildman–Crippen MR) is 169 cm³/mol.